The molecule has 0 aliphatic carbocycles. The van der Waals surface area contributed by atoms with Crippen molar-refractivity contribution >= 4 is 17.5 Å². The topological polar surface area (TPSA) is 88.5 Å². The number of rotatable bonds is 2. The van der Waals surface area contributed by atoms with Crippen LogP contribution < -0.4 is 10.6 Å². The van der Waals surface area contributed by atoms with E-state index in [2.05, 4.69) is 15.7 Å². The van der Waals surface area contributed by atoms with Gasteiger partial charge in [0.2, 0.25) is 0 Å². The number of anilines is 1. The van der Waals surface area contributed by atoms with E-state index in [1.165, 1.54) is 0 Å². The summed E-state index contributed by atoms with van der Waals surface area (Å²) in [7, 11) is 0. The van der Waals surface area contributed by atoms with E-state index in [0.717, 1.165) is 30.8 Å². The van der Waals surface area contributed by atoms with Gasteiger partial charge in [0.1, 0.15) is 5.66 Å². The van der Waals surface area contributed by atoms with Crippen LogP contribution in [-0.2, 0) is 11.3 Å². The van der Waals surface area contributed by atoms with Gasteiger partial charge < -0.3 is 20.3 Å². The average molecular weight is 409 g/mol. The molecule has 158 valence electrons. The lowest BCUT2D eigenvalue weighted by atomic mass is 9.84. The van der Waals surface area contributed by atoms with Gasteiger partial charge in [0.05, 0.1) is 29.0 Å². The number of piperidine rings is 1. The van der Waals surface area contributed by atoms with Crippen molar-refractivity contribution in [3.8, 4) is 0 Å². The summed E-state index contributed by atoms with van der Waals surface area (Å²) in [5, 5.41) is 11.0. The molecule has 2 fully saturated rings. The Hall–Kier alpha value is -2.87. The minimum absolute atomic E-state index is 0.0350. The number of carbonyl (C=O) groups excluding carboxylic acids is 2. The maximum atomic E-state index is 13.0. The summed E-state index contributed by atoms with van der Waals surface area (Å²) in [4.78, 5) is 27.5. The van der Waals surface area contributed by atoms with Gasteiger partial charge in [0.15, 0.2) is 0 Å². The number of para-hydroxylation sites is 1. The molecular weight excluding hydrogens is 382 g/mol. The molecule has 2 aromatic rings. The van der Waals surface area contributed by atoms with E-state index < -0.39 is 5.66 Å². The third-order valence-electron chi connectivity index (χ3n) is 6.61. The third-order valence-corrected chi connectivity index (χ3v) is 6.61. The van der Waals surface area contributed by atoms with E-state index in [1.807, 2.05) is 49.2 Å². The molecule has 1 unspecified atom stereocenters. The summed E-state index contributed by atoms with van der Waals surface area (Å²) < 4.78 is 8.08. The number of ether oxygens (including phenoxy) is 1. The third kappa shape index (κ3) is 3.06. The lowest BCUT2D eigenvalue weighted by Crippen LogP contribution is -2.59. The first-order chi connectivity index (χ1) is 14.4. The van der Waals surface area contributed by atoms with Crippen LogP contribution in [0.15, 0.2) is 30.5 Å². The largest absolute Gasteiger partial charge is 0.370 e. The van der Waals surface area contributed by atoms with E-state index in [4.69, 9.17) is 4.74 Å². The van der Waals surface area contributed by atoms with Crippen molar-refractivity contribution in [2.45, 2.75) is 50.9 Å². The first-order valence-electron chi connectivity index (χ1n) is 10.6. The highest BCUT2D eigenvalue weighted by atomic mass is 16.5. The van der Waals surface area contributed by atoms with Crippen molar-refractivity contribution < 1.29 is 14.3 Å². The number of hydrogen-bond donors (Lipinski definition) is 2. The number of likely N-dealkylation sites (tertiary alicyclic amines) is 1. The quantitative estimate of drug-likeness (QED) is 0.794. The number of benzene rings is 1. The summed E-state index contributed by atoms with van der Waals surface area (Å²) in [6.45, 7) is 6.32. The van der Waals surface area contributed by atoms with Crippen LogP contribution in [-0.4, -0.2) is 57.5 Å². The van der Waals surface area contributed by atoms with Crippen LogP contribution in [0.2, 0.25) is 0 Å². The van der Waals surface area contributed by atoms with E-state index in [9.17, 15) is 9.59 Å². The zero-order valence-electron chi connectivity index (χ0n) is 17.4. The summed E-state index contributed by atoms with van der Waals surface area (Å²) in [6.07, 6.45) is 4.03. The smallest absolute Gasteiger partial charge is 0.257 e. The fraction of sp³-hybridized carbons (Fsp3) is 0.500. The number of carbonyl (C=O) groups is 2. The molecule has 0 radical (unpaired) electrons. The van der Waals surface area contributed by atoms with Crippen molar-refractivity contribution in [1.82, 2.24) is 20.0 Å². The summed E-state index contributed by atoms with van der Waals surface area (Å²) >= 11 is 0. The van der Waals surface area contributed by atoms with E-state index in [0.29, 0.717) is 37.2 Å². The summed E-state index contributed by atoms with van der Waals surface area (Å²) in [6, 6.07) is 7.55. The molecule has 0 saturated carbocycles. The maximum Gasteiger partial charge on any atom is 0.257 e. The fourth-order valence-electron chi connectivity index (χ4n) is 4.95. The number of nitrogens with zero attached hydrogens (tertiary/aromatic N) is 3. The van der Waals surface area contributed by atoms with Crippen LogP contribution in [0.25, 0.3) is 0 Å². The highest BCUT2D eigenvalue weighted by Crippen LogP contribution is 2.43. The zero-order valence-corrected chi connectivity index (χ0v) is 17.4. The first kappa shape index (κ1) is 19.1. The van der Waals surface area contributed by atoms with E-state index in [-0.39, 0.29) is 17.4 Å². The molecule has 2 saturated heterocycles. The van der Waals surface area contributed by atoms with Crippen LogP contribution in [0, 0.1) is 6.92 Å². The Labute approximate surface area is 175 Å². The van der Waals surface area contributed by atoms with Crippen LogP contribution in [0.4, 0.5) is 5.69 Å². The first-order valence-corrected chi connectivity index (χ1v) is 10.6. The van der Waals surface area contributed by atoms with Crippen LogP contribution >= 0.6 is 0 Å². The Morgan fingerprint density at radius 1 is 1.23 bits per heavy atom. The van der Waals surface area contributed by atoms with E-state index in [1.54, 1.807) is 4.68 Å². The normalized spacial score (nSPS) is 24.6. The number of aromatic nitrogens is 2. The molecule has 1 atom stereocenters. The molecule has 2 spiro atoms. The molecule has 2 amide bonds. The highest BCUT2D eigenvalue weighted by molar-refractivity contribution is 6.02. The molecule has 4 heterocycles. The van der Waals surface area contributed by atoms with E-state index >= 15 is 0 Å². The fourth-order valence-corrected chi connectivity index (χ4v) is 4.95. The Bertz CT molecular complexity index is 1010. The monoisotopic (exact) mass is 409 g/mol. The van der Waals surface area contributed by atoms with Crippen molar-refractivity contribution in [3.63, 3.8) is 0 Å². The molecule has 3 aliphatic rings. The van der Waals surface area contributed by atoms with Gasteiger partial charge in [-0.3, -0.25) is 14.3 Å². The minimum Gasteiger partial charge on any atom is -0.370 e. The number of fused-ring (bicyclic) bond motifs is 1. The van der Waals surface area contributed by atoms with Gasteiger partial charge in [0.25, 0.3) is 11.8 Å². The van der Waals surface area contributed by atoms with Crippen molar-refractivity contribution in [3.05, 3.63) is 47.3 Å². The second kappa shape index (κ2) is 6.84. The predicted molar refractivity (Wildman–Crippen MR) is 111 cm³/mol. The summed E-state index contributed by atoms with van der Waals surface area (Å²) in [5.41, 5.74) is 2.04. The van der Waals surface area contributed by atoms with Gasteiger partial charge in [-0.1, -0.05) is 12.1 Å². The molecule has 0 bridgehead atoms. The second-order valence-corrected chi connectivity index (χ2v) is 8.63. The maximum absolute atomic E-state index is 13.0. The molecule has 1 aromatic heterocycles. The molecule has 30 heavy (non-hydrogen) atoms. The zero-order chi connectivity index (χ0) is 20.9. The molecule has 8 nitrogen and oxygen atoms in total. The lowest BCUT2D eigenvalue weighted by Gasteiger charge is -2.41. The standard InChI is InChI=1S/C22H27N5O3/c1-3-27-12-17(15(2)25-27)20(29)26-10-8-21(9-11-26)13-22(14-30-21)23-18-7-5-4-6-16(18)19(28)24-22/h4-7,12,23H,3,8-11,13-14H2,1-2H3,(H,24,28). The molecular formula is C22H27N5O3. The molecule has 3 aliphatic heterocycles. The summed E-state index contributed by atoms with van der Waals surface area (Å²) in [5.74, 6) is -0.0335. The van der Waals surface area contributed by atoms with Crippen LogP contribution in [0.1, 0.15) is 52.6 Å². The van der Waals surface area contributed by atoms with Crippen LogP contribution in [0.5, 0.6) is 0 Å². The predicted octanol–water partition coefficient (Wildman–Crippen LogP) is 2.16. The Balaban J connectivity index is 1.27. The second-order valence-electron chi connectivity index (χ2n) is 8.63. The van der Waals surface area contributed by atoms with Crippen molar-refractivity contribution in [2.24, 2.45) is 0 Å². The average Bonchev–Trinajstić information content (AvgIpc) is 3.28. The molecule has 2 N–H and O–H groups in total. The van der Waals surface area contributed by atoms with Gasteiger partial charge in [-0.15, -0.1) is 0 Å². The Morgan fingerprint density at radius 2 is 2.00 bits per heavy atom. The minimum atomic E-state index is -0.587. The lowest BCUT2D eigenvalue weighted by molar-refractivity contribution is -0.0393. The van der Waals surface area contributed by atoms with Gasteiger partial charge in [-0.2, -0.15) is 5.10 Å². The van der Waals surface area contributed by atoms with Crippen LogP contribution in [0.3, 0.4) is 0 Å². The Morgan fingerprint density at radius 3 is 2.73 bits per heavy atom. The molecule has 5 rings (SSSR count). The number of nitrogens with one attached hydrogen (secondary N) is 2. The molecule has 8 heteroatoms. The number of aryl methyl sites for hydroxylation is 2. The number of amides is 2. The van der Waals surface area contributed by atoms with Gasteiger partial charge in [-0.05, 0) is 38.8 Å². The van der Waals surface area contributed by atoms with Gasteiger partial charge >= 0.3 is 0 Å². The van der Waals surface area contributed by atoms with Gasteiger partial charge in [-0.25, -0.2) is 0 Å². The highest BCUT2D eigenvalue weighted by Gasteiger charge is 2.53. The Kier molecular flexibility index (Phi) is 4.36. The van der Waals surface area contributed by atoms with Crippen molar-refractivity contribution in [1.29, 1.82) is 0 Å². The molecule has 1 aromatic carbocycles. The SMILES string of the molecule is CCn1cc(C(=O)N2CCC3(CC2)CC2(CO3)NC(=O)c3ccccc3N2)c(C)n1. The van der Waals surface area contributed by atoms with Gasteiger partial charge in [0, 0.05) is 37.9 Å². The van der Waals surface area contributed by atoms with Crippen molar-refractivity contribution in [2.75, 3.05) is 25.0 Å². The number of hydrogen-bond acceptors (Lipinski definition) is 5.